The zero-order valence-electron chi connectivity index (χ0n) is 43.1. The topological polar surface area (TPSA) is 11.4 Å². The number of anilines is 6. The second-order valence-corrected chi connectivity index (χ2v) is 17.7. The Morgan fingerprint density at radius 2 is 0.786 bits per heavy atom. The molecule has 0 spiro atoms. The first-order valence-electron chi connectivity index (χ1n) is 26.2. The molecule has 0 saturated heterocycles. The smallest absolute Gasteiger partial charge is 0.0720 e. The van der Waals surface area contributed by atoms with Crippen LogP contribution in [0.1, 0.15) is 29.1 Å². The highest BCUT2D eigenvalue weighted by molar-refractivity contribution is 6.12. The summed E-state index contributed by atoms with van der Waals surface area (Å²) < 4.78 is 49.9. The molecule has 0 saturated carbocycles. The minimum absolute atomic E-state index is 0.192. The molecule has 1 aliphatic rings. The molecule has 70 heavy (non-hydrogen) atoms. The van der Waals surface area contributed by atoms with E-state index in [0.717, 1.165) is 101 Å². The number of para-hydroxylation sites is 5. The number of hydrogen-bond donors (Lipinski definition) is 0. The van der Waals surface area contributed by atoms with Crippen LogP contribution in [0.15, 0.2) is 285 Å². The van der Waals surface area contributed by atoms with Crippen molar-refractivity contribution in [3.05, 3.63) is 307 Å². The van der Waals surface area contributed by atoms with E-state index in [1.807, 2.05) is 91.0 Å². The second kappa shape index (κ2) is 17.2. The maximum Gasteiger partial charge on any atom is 0.0720 e. The zero-order valence-corrected chi connectivity index (χ0v) is 38.1. The molecule has 11 aromatic carbocycles. The van der Waals surface area contributed by atoms with Crippen LogP contribution in [0.25, 0.3) is 49.7 Å². The first-order chi connectivity index (χ1) is 36.8. The molecule has 1 heterocycles. The van der Waals surface area contributed by atoms with E-state index >= 15 is 0 Å². The number of rotatable bonds is 10. The normalized spacial score (nSPS) is 14.8. The average molecular weight is 899 g/mol. The summed E-state index contributed by atoms with van der Waals surface area (Å²) in [6.45, 7) is 0. The number of nitrogens with zero attached hydrogens (tertiary/aromatic N) is 3. The van der Waals surface area contributed by atoms with Crippen LogP contribution in [-0.2, 0) is 5.41 Å². The largest absolute Gasteiger partial charge is 0.310 e. The van der Waals surface area contributed by atoms with Gasteiger partial charge < -0.3 is 14.4 Å². The van der Waals surface area contributed by atoms with Crippen LogP contribution in [0.2, 0.25) is 0 Å². The van der Waals surface area contributed by atoms with Gasteiger partial charge in [0, 0.05) is 50.6 Å². The lowest BCUT2D eigenvalue weighted by atomic mass is 9.66. The van der Waals surface area contributed by atoms with Crippen LogP contribution >= 0.6 is 0 Å². The summed E-state index contributed by atoms with van der Waals surface area (Å²) in [6.07, 6.45) is 0. The van der Waals surface area contributed by atoms with Gasteiger partial charge >= 0.3 is 0 Å². The van der Waals surface area contributed by atoms with Crippen molar-refractivity contribution < 1.29 is 6.85 Å². The third kappa shape index (κ3) is 6.66. The quantitative estimate of drug-likeness (QED) is 0.135. The Morgan fingerprint density at radius 3 is 1.34 bits per heavy atom. The molecule has 13 rings (SSSR count). The summed E-state index contributed by atoms with van der Waals surface area (Å²) in [5.41, 5.74) is 13.7. The monoisotopic (exact) mass is 898 g/mol. The standard InChI is InChI=1S/C67H47N3/c1-7-22-48(23-8-1)49-38-40-55(41-39-49)69(53-30-15-5-16-31-53)57-43-45-62-60(47-57)59-46-56(68(51-26-11-3-12-27-51)52-28-13-4-14-29-52)42-44-61(59)67(62,50-24-9-2-10-25-50)63-35-21-37-65-66(63)58-34-19-20-36-64(58)70(65)54-32-17-6-18-33-54/h1-47H/i2D,9D,10D,24D,25D. The van der Waals surface area contributed by atoms with E-state index < -0.39 is 11.5 Å². The molecule has 1 atom stereocenters. The van der Waals surface area contributed by atoms with E-state index in [2.05, 4.69) is 178 Å². The maximum atomic E-state index is 10.0. The van der Waals surface area contributed by atoms with Gasteiger partial charge in [0.15, 0.2) is 0 Å². The van der Waals surface area contributed by atoms with Gasteiger partial charge in [0.25, 0.3) is 0 Å². The third-order valence-electron chi connectivity index (χ3n) is 13.9. The van der Waals surface area contributed by atoms with Gasteiger partial charge in [0.1, 0.15) is 0 Å². The molecule has 0 fully saturated rings. The Hall–Kier alpha value is -9.18. The third-order valence-corrected chi connectivity index (χ3v) is 13.9. The summed E-state index contributed by atoms with van der Waals surface area (Å²) in [5, 5.41) is 1.91. The molecule has 12 aromatic rings. The lowest BCUT2D eigenvalue weighted by molar-refractivity contribution is 0.777. The molecule has 1 unspecified atom stereocenters. The molecule has 1 aliphatic carbocycles. The van der Waals surface area contributed by atoms with Crippen molar-refractivity contribution in [1.29, 1.82) is 0 Å². The molecule has 330 valence electrons. The van der Waals surface area contributed by atoms with Gasteiger partial charge in [-0.1, -0.05) is 188 Å². The minimum Gasteiger partial charge on any atom is -0.310 e. The van der Waals surface area contributed by atoms with Gasteiger partial charge in [-0.15, -0.1) is 0 Å². The molecule has 0 aliphatic heterocycles. The Bertz CT molecular complexity index is 4040. The Balaban J connectivity index is 1.16. The van der Waals surface area contributed by atoms with E-state index in [4.69, 9.17) is 1.37 Å². The SMILES string of the molecule is [2H]c1c([2H])c([2H])c(C2(c3cccc4c3c3ccccc3n4-c3ccccc3)c3ccc(N(c4ccccc4)c4ccccc4)cc3-c3cc(N(c4ccccc4)c4ccc(-c5ccccc5)cc4)ccc32)c([2H])c1[2H]. The van der Waals surface area contributed by atoms with Crippen molar-refractivity contribution in [2.24, 2.45) is 0 Å². The summed E-state index contributed by atoms with van der Waals surface area (Å²) in [4.78, 5) is 4.50. The number of benzene rings is 11. The van der Waals surface area contributed by atoms with Crippen LogP contribution in [-0.4, -0.2) is 4.57 Å². The zero-order chi connectivity index (χ0) is 50.8. The van der Waals surface area contributed by atoms with Crippen LogP contribution in [0.3, 0.4) is 0 Å². The highest BCUT2D eigenvalue weighted by Crippen LogP contribution is 2.60. The van der Waals surface area contributed by atoms with E-state index in [1.54, 1.807) is 0 Å². The Kier molecular flexibility index (Phi) is 8.81. The lowest BCUT2D eigenvalue weighted by Crippen LogP contribution is -2.29. The molecule has 0 radical (unpaired) electrons. The molecule has 3 nitrogen and oxygen atoms in total. The molecule has 0 amide bonds. The Morgan fingerprint density at radius 1 is 0.343 bits per heavy atom. The van der Waals surface area contributed by atoms with Crippen LogP contribution in [0.4, 0.5) is 34.1 Å². The molecule has 3 heteroatoms. The number of hydrogen-bond acceptors (Lipinski definition) is 2. The first-order valence-corrected chi connectivity index (χ1v) is 23.7. The van der Waals surface area contributed by atoms with Crippen LogP contribution < -0.4 is 9.80 Å². The van der Waals surface area contributed by atoms with Crippen molar-refractivity contribution in [3.8, 4) is 27.9 Å². The summed E-state index contributed by atoms with van der Waals surface area (Å²) in [5.74, 6) is 0. The summed E-state index contributed by atoms with van der Waals surface area (Å²) in [6, 6.07) is 86.2. The fourth-order valence-corrected chi connectivity index (χ4v) is 11.0. The van der Waals surface area contributed by atoms with E-state index in [-0.39, 0.29) is 29.7 Å². The number of fused-ring (bicyclic) bond motifs is 6. The second-order valence-electron chi connectivity index (χ2n) is 17.7. The molecular formula is C67H47N3. The molecule has 0 N–H and O–H groups in total. The van der Waals surface area contributed by atoms with Crippen LogP contribution in [0.5, 0.6) is 0 Å². The predicted octanol–water partition coefficient (Wildman–Crippen LogP) is 17.8. The lowest BCUT2D eigenvalue weighted by Gasteiger charge is -2.35. The highest BCUT2D eigenvalue weighted by Gasteiger charge is 2.48. The minimum atomic E-state index is -1.44. The molecular weight excluding hydrogens is 847 g/mol. The first kappa shape index (κ1) is 35.9. The van der Waals surface area contributed by atoms with Crippen molar-refractivity contribution in [1.82, 2.24) is 4.57 Å². The fraction of sp³-hybridized carbons (Fsp3) is 0.0149. The Labute approximate surface area is 416 Å². The van der Waals surface area contributed by atoms with Gasteiger partial charge in [0.2, 0.25) is 0 Å². The van der Waals surface area contributed by atoms with Crippen molar-refractivity contribution >= 4 is 55.9 Å². The summed E-state index contributed by atoms with van der Waals surface area (Å²) in [7, 11) is 0. The van der Waals surface area contributed by atoms with E-state index in [0.29, 0.717) is 0 Å². The maximum absolute atomic E-state index is 10.0. The highest BCUT2D eigenvalue weighted by atomic mass is 15.1. The summed E-state index contributed by atoms with van der Waals surface area (Å²) >= 11 is 0. The van der Waals surface area contributed by atoms with Crippen LogP contribution in [0, 0.1) is 0 Å². The molecule has 0 bridgehead atoms. The van der Waals surface area contributed by atoms with Gasteiger partial charge in [-0.05, 0) is 142 Å². The molecule has 1 aromatic heterocycles. The van der Waals surface area contributed by atoms with E-state index in [9.17, 15) is 5.48 Å². The van der Waals surface area contributed by atoms with Gasteiger partial charge in [-0.3, -0.25) is 0 Å². The fourth-order valence-electron chi connectivity index (χ4n) is 11.0. The van der Waals surface area contributed by atoms with Crippen molar-refractivity contribution in [3.63, 3.8) is 0 Å². The number of aromatic nitrogens is 1. The van der Waals surface area contributed by atoms with Gasteiger partial charge in [-0.25, -0.2) is 0 Å². The van der Waals surface area contributed by atoms with Gasteiger partial charge in [0.05, 0.1) is 23.3 Å². The average Bonchev–Trinajstić information content (AvgIpc) is 4.18. The van der Waals surface area contributed by atoms with Crippen molar-refractivity contribution in [2.75, 3.05) is 9.80 Å². The van der Waals surface area contributed by atoms with Gasteiger partial charge in [-0.2, -0.15) is 0 Å². The van der Waals surface area contributed by atoms with E-state index in [1.165, 1.54) is 0 Å². The van der Waals surface area contributed by atoms with Crippen molar-refractivity contribution in [2.45, 2.75) is 5.41 Å². The predicted molar refractivity (Wildman–Crippen MR) is 293 cm³/mol.